The van der Waals surface area contributed by atoms with Crippen molar-refractivity contribution in [1.82, 2.24) is 8.61 Å². The van der Waals surface area contributed by atoms with E-state index in [1.807, 2.05) is 32.0 Å². The Kier molecular flexibility index (Phi) is 4.54. The van der Waals surface area contributed by atoms with Crippen molar-refractivity contribution in [2.75, 3.05) is 19.8 Å². The zero-order valence-electron chi connectivity index (χ0n) is 13.2. The van der Waals surface area contributed by atoms with Crippen molar-refractivity contribution in [1.29, 1.82) is 0 Å². The Morgan fingerprint density at radius 1 is 1.36 bits per heavy atom. The molecule has 0 aromatic heterocycles. The zero-order chi connectivity index (χ0) is 15.7. The second-order valence-corrected chi connectivity index (χ2v) is 8.14. The largest absolute Gasteiger partial charge is 0.378 e. The molecule has 22 heavy (non-hydrogen) atoms. The Bertz CT molecular complexity index is 628. The zero-order valence-corrected chi connectivity index (χ0v) is 14.1. The second kappa shape index (κ2) is 6.28. The molecule has 5 nitrogen and oxygen atoms in total. The summed E-state index contributed by atoms with van der Waals surface area (Å²) >= 11 is 0. The molecule has 3 rings (SSSR count). The Hall–Kier alpha value is -0.950. The highest BCUT2D eigenvalue weighted by molar-refractivity contribution is 7.86. The number of aryl methyl sites for hydroxylation is 1. The lowest BCUT2D eigenvalue weighted by atomic mass is 10.1. The van der Waals surface area contributed by atoms with E-state index < -0.39 is 10.2 Å². The van der Waals surface area contributed by atoms with Crippen LogP contribution in [0.25, 0.3) is 0 Å². The van der Waals surface area contributed by atoms with E-state index in [1.165, 1.54) is 0 Å². The average molecular weight is 324 g/mol. The summed E-state index contributed by atoms with van der Waals surface area (Å²) in [6, 6.07) is 8.13. The van der Waals surface area contributed by atoms with Crippen molar-refractivity contribution < 1.29 is 13.2 Å². The summed E-state index contributed by atoms with van der Waals surface area (Å²) in [4.78, 5) is 0. The highest BCUT2D eigenvalue weighted by Crippen LogP contribution is 2.33. The van der Waals surface area contributed by atoms with Crippen LogP contribution in [0.15, 0.2) is 24.3 Å². The number of ether oxygens (including phenoxy) is 1. The van der Waals surface area contributed by atoms with Crippen molar-refractivity contribution in [2.45, 2.75) is 45.3 Å². The molecule has 1 aromatic rings. The van der Waals surface area contributed by atoms with Crippen molar-refractivity contribution in [3.63, 3.8) is 0 Å². The van der Waals surface area contributed by atoms with E-state index in [0.29, 0.717) is 26.3 Å². The third kappa shape index (κ3) is 3.35. The third-order valence-corrected chi connectivity index (χ3v) is 6.43. The molecule has 6 heteroatoms. The molecular formula is C16H24N2O3S. The number of hydrogen-bond donors (Lipinski definition) is 0. The Labute approximate surface area is 133 Å². The molecule has 2 aliphatic rings. The molecule has 0 unspecified atom stereocenters. The molecular weight excluding hydrogens is 300 g/mol. The van der Waals surface area contributed by atoms with E-state index in [-0.39, 0.29) is 12.1 Å². The lowest BCUT2D eigenvalue weighted by Crippen LogP contribution is -2.53. The standard InChI is InChI=1S/C16H24N2O3S/c1-13-4-3-5-15(10-13)11-18(16-6-7-16)22(19,20)17-8-9-21-12-14(17)2/h3-5,10,14,16H,6-9,11-12H2,1-2H3/t14-/m0/s1. The minimum absolute atomic E-state index is 0.0995. The van der Waals surface area contributed by atoms with Gasteiger partial charge in [-0.2, -0.15) is 17.0 Å². The SMILES string of the molecule is Cc1cccc(CN(C2CC2)S(=O)(=O)N2CCOC[C@@H]2C)c1. The van der Waals surface area contributed by atoms with Gasteiger partial charge in [0.1, 0.15) is 0 Å². The average Bonchev–Trinajstić information content (AvgIpc) is 3.29. The molecule has 1 aliphatic carbocycles. The maximum absolute atomic E-state index is 13.1. The Morgan fingerprint density at radius 2 is 2.14 bits per heavy atom. The summed E-state index contributed by atoms with van der Waals surface area (Å²) in [7, 11) is -3.43. The molecule has 0 amide bonds. The Balaban J connectivity index is 1.83. The molecule has 0 bridgehead atoms. The van der Waals surface area contributed by atoms with Crippen LogP contribution in [0.5, 0.6) is 0 Å². The molecule has 2 fully saturated rings. The summed E-state index contributed by atoms with van der Waals surface area (Å²) in [6.07, 6.45) is 1.92. The summed E-state index contributed by atoms with van der Waals surface area (Å²) in [5.74, 6) is 0. The molecule has 1 saturated carbocycles. The molecule has 0 N–H and O–H groups in total. The normalized spacial score (nSPS) is 23.9. The van der Waals surface area contributed by atoms with Crippen LogP contribution >= 0.6 is 0 Å². The van der Waals surface area contributed by atoms with Gasteiger partial charge < -0.3 is 4.74 Å². The van der Waals surface area contributed by atoms with E-state index in [4.69, 9.17) is 4.74 Å². The van der Waals surface area contributed by atoms with Crippen LogP contribution in [-0.4, -0.2) is 48.9 Å². The number of benzene rings is 1. The highest BCUT2D eigenvalue weighted by Gasteiger charge is 2.42. The van der Waals surface area contributed by atoms with E-state index >= 15 is 0 Å². The van der Waals surface area contributed by atoms with E-state index in [0.717, 1.165) is 24.0 Å². The van der Waals surface area contributed by atoms with Gasteiger partial charge in [0.15, 0.2) is 0 Å². The van der Waals surface area contributed by atoms with Gasteiger partial charge in [-0.1, -0.05) is 29.8 Å². The third-order valence-electron chi connectivity index (χ3n) is 4.27. The number of morpholine rings is 1. The monoisotopic (exact) mass is 324 g/mol. The van der Waals surface area contributed by atoms with Gasteiger partial charge in [-0.25, -0.2) is 0 Å². The van der Waals surface area contributed by atoms with Crippen molar-refractivity contribution in [3.8, 4) is 0 Å². The fourth-order valence-corrected chi connectivity index (χ4v) is 4.93. The van der Waals surface area contributed by atoms with Gasteiger partial charge in [-0.3, -0.25) is 0 Å². The van der Waals surface area contributed by atoms with Gasteiger partial charge in [0.25, 0.3) is 10.2 Å². The van der Waals surface area contributed by atoms with E-state index in [1.54, 1.807) is 8.61 Å². The van der Waals surface area contributed by atoms with Crippen molar-refractivity contribution in [2.24, 2.45) is 0 Å². The first kappa shape index (κ1) is 15.9. The lowest BCUT2D eigenvalue weighted by Gasteiger charge is -2.36. The highest BCUT2D eigenvalue weighted by atomic mass is 32.2. The van der Waals surface area contributed by atoms with Gasteiger partial charge in [-0.15, -0.1) is 0 Å². The summed E-state index contributed by atoms with van der Waals surface area (Å²) < 4.78 is 34.8. The molecule has 1 aliphatic heterocycles. The molecule has 122 valence electrons. The maximum Gasteiger partial charge on any atom is 0.282 e. The van der Waals surface area contributed by atoms with Crippen LogP contribution in [0.4, 0.5) is 0 Å². The first-order valence-electron chi connectivity index (χ1n) is 7.90. The van der Waals surface area contributed by atoms with Crippen LogP contribution in [0.3, 0.4) is 0 Å². The van der Waals surface area contributed by atoms with Crippen LogP contribution in [-0.2, 0) is 21.5 Å². The lowest BCUT2D eigenvalue weighted by molar-refractivity contribution is 0.0360. The van der Waals surface area contributed by atoms with Gasteiger partial charge in [0.2, 0.25) is 0 Å². The predicted octanol–water partition coefficient (Wildman–Crippen LogP) is 1.92. The predicted molar refractivity (Wildman–Crippen MR) is 85.7 cm³/mol. The minimum Gasteiger partial charge on any atom is -0.378 e. The minimum atomic E-state index is -3.43. The fraction of sp³-hybridized carbons (Fsp3) is 0.625. The van der Waals surface area contributed by atoms with Crippen LogP contribution < -0.4 is 0 Å². The number of rotatable bonds is 5. The van der Waals surface area contributed by atoms with E-state index in [9.17, 15) is 8.42 Å². The molecule has 1 aromatic carbocycles. The molecule has 1 atom stereocenters. The van der Waals surface area contributed by atoms with Gasteiger partial charge in [0, 0.05) is 25.2 Å². The molecule has 0 spiro atoms. The quantitative estimate of drug-likeness (QED) is 0.831. The van der Waals surface area contributed by atoms with Gasteiger partial charge in [-0.05, 0) is 32.3 Å². The summed E-state index contributed by atoms with van der Waals surface area (Å²) in [5, 5.41) is 0. The second-order valence-electron chi connectivity index (χ2n) is 6.31. The molecule has 1 saturated heterocycles. The van der Waals surface area contributed by atoms with Crippen LogP contribution in [0, 0.1) is 6.92 Å². The maximum atomic E-state index is 13.1. The van der Waals surface area contributed by atoms with E-state index in [2.05, 4.69) is 6.07 Å². The van der Waals surface area contributed by atoms with Crippen LogP contribution in [0.1, 0.15) is 30.9 Å². The van der Waals surface area contributed by atoms with Crippen molar-refractivity contribution in [3.05, 3.63) is 35.4 Å². The first-order valence-corrected chi connectivity index (χ1v) is 9.30. The topological polar surface area (TPSA) is 49.9 Å². The fourth-order valence-electron chi connectivity index (χ4n) is 2.94. The Morgan fingerprint density at radius 3 is 2.77 bits per heavy atom. The van der Waals surface area contributed by atoms with Gasteiger partial charge >= 0.3 is 0 Å². The molecule has 1 heterocycles. The number of nitrogens with zero attached hydrogens (tertiary/aromatic N) is 2. The first-order chi connectivity index (χ1) is 10.5. The number of hydrogen-bond acceptors (Lipinski definition) is 3. The summed E-state index contributed by atoms with van der Waals surface area (Å²) in [5.41, 5.74) is 2.21. The van der Waals surface area contributed by atoms with Crippen LogP contribution in [0.2, 0.25) is 0 Å². The van der Waals surface area contributed by atoms with Gasteiger partial charge in [0.05, 0.1) is 13.2 Å². The van der Waals surface area contributed by atoms with Crippen molar-refractivity contribution >= 4 is 10.2 Å². The molecule has 0 radical (unpaired) electrons. The smallest absolute Gasteiger partial charge is 0.282 e. The summed E-state index contributed by atoms with van der Waals surface area (Å²) in [6.45, 7) is 5.80.